The molecule has 0 saturated carbocycles. The maximum atomic E-state index is 13.0. The second-order valence-electron chi connectivity index (χ2n) is 10.5. The van der Waals surface area contributed by atoms with Gasteiger partial charge in [0.2, 0.25) is 17.7 Å². The topological polar surface area (TPSA) is 130 Å². The molecule has 1 aromatic heterocycles. The van der Waals surface area contributed by atoms with Gasteiger partial charge >= 0.3 is 5.69 Å². The number of nitro groups is 1. The van der Waals surface area contributed by atoms with Crippen molar-refractivity contribution in [2.24, 2.45) is 5.92 Å². The van der Waals surface area contributed by atoms with Gasteiger partial charge in [0.05, 0.1) is 44.9 Å². The normalized spacial score (nSPS) is 18.1. The van der Waals surface area contributed by atoms with E-state index in [1.807, 2.05) is 29.8 Å². The van der Waals surface area contributed by atoms with Gasteiger partial charge < -0.3 is 38.2 Å². The Morgan fingerprint density at radius 1 is 1.02 bits per heavy atom. The van der Waals surface area contributed by atoms with Crippen LogP contribution < -0.4 is 23.7 Å². The third-order valence-corrected chi connectivity index (χ3v) is 7.96. The third-order valence-electron chi connectivity index (χ3n) is 7.96. The molecule has 1 aliphatic heterocycles. The van der Waals surface area contributed by atoms with Crippen molar-refractivity contribution in [2.45, 2.75) is 51.4 Å². The Labute approximate surface area is 255 Å². The van der Waals surface area contributed by atoms with Gasteiger partial charge in [-0.3, -0.25) is 10.1 Å². The van der Waals surface area contributed by atoms with Gasteiger partial charge in [0.25, 0.3) is 0 Å². The van der Waals surface area contributed by atoms with Crippen LogP contribution in [0.4, 0.5) is 5.69 Å². The zero-order chi connectivity index (χ0) is 31.2. The van der Waals surface area contributed by atoms with Crippen molar-refractivity contribution in [2.75, 3.05) is 27.9 Å². The Bertz CT molecular complexity index is 1550. The Morgan fingerprint density at radius 2 is 1.80 bits per heavy atom. The maximum absolute atomic E-state index is 13.0. The highest BCUT2D eigenvalue weighted by Gasteiger charge is 2.37. The van der Waals surface area contributed by atoms with Crippen LogP contribution in [0.25, 0.3) is 0 Å². The number of methoxy groups -OCH3 is 3. The standard InChI is InChI=1S/C32H37N3O9/c1-5-21(15-17-42-26-9-6-8-24-23(26)19-33-16-14-27(39-2)25(33)20-34(24)36)43-29-10-7-11-30(32(29)35(37)38)44-22-12-13-28(40-3)31(18-22)41-4/h7-8,10-14,16,18,20-21,23,26H,5-6,9,15,17,19H2,1-4H3/t21?,23-,26?/m0/s1. The van der Waals surface area contributed by atoms with Crippen molar-refractivity contribution < 1.29 is 38.1 Å². The minimum Gasteiger partial charge on any atom is -0.618 e. The van der Waals surface area contributed by atoms with Gasteiger partial charge in [0, 0.05) is 25.2 Å². The van der Waals surface area contributed by atoms with Crippen LogP contribution in [-0.2, 0) is 11.3 Å². The molecule has 12 heteroatoms. The van der Waals surface area contributed by atoms with Gasteiger partial charge in [-0.2, -0.15) is 4.74 Å². The molecule has 2 aromatic carbocycles. The van der Waals surface area contributed by atoms with Crippen LogP contribution >= 0.6 is 0 Å². The van der Waals surface area contributed by atoms with Gasteiger partial charge in [-0.1, -0.05) is 13.0 Å². The highest BCUT2D eigenvalue weighted by molar-refractivity contribution is 5.78. The molecule has 44 heavy (non-hydrogen) atoms. The van der Waals surface area contributed by atoms with Crippen molar-refractivity contribution in [1.29, 1.82) is 0 Å². The first kappa shape index (κ1) is 30.7. The average molecular weight is 608 g/mol. The van der Waals surface area contributed by atoms with E-state index in [0.29, 0.717) is 54.7 Å². The summed E-state index contributed by atoms with van der Waals surface area (Å²) in [4.78, 5) is 11.7. The van der Waals surface area contributed by atoms with E-state index in [1.165, 1.54) is 20.3 Å². The van der Waals surface area contributed by atoms with Crippen LogP contribution in [0.2, 0.25) is 0 Å². The zero-order valence-corrected chi connectivity index (χ0v) is 25.3. The summed E-state index contributed by atoms with van der Waals surface area (Å²) in [5, 5.41) is 25.2. The number of para-hydroxylation sites is 1. The SMILES string of the molecule is CCC(CCOC1CCC=C2[C@@H]1Cn1ccc(OC)c1C=[N+]2[O-])Oc1cccc(Oc2ccc(OC)c(OC)c2)c1[N+](=O)[O-]. The minimum absolute atomic E-state index is 0.0423. The number of benzene rings is 2. The van der Waals surface area contributed by atoms with Crippen LogP contribution in [0.5, 0.6) is 34.5 Å². The lowest BCUT2D eigenvalue weighted by Gasteiger charge is -2.30. The Kier molecular flexibility index (Phi) is 9.59. The first-order valence-electron chi connectivity index (χ1n) is 14.6. The van der Waals surface area contributed by atoms with E-state index in [-0.39, 0.29) is 35.3 Å². The van der Waals surface area contributed by atoms with E-state index >= 15 is 0 Å². The van der Waals surface area contributed by atoms with Crippen LogP contribution in [-0.4, -0.2) is 60.6 Å². The van der Waals surface area contributed by atoms with Crippen LogP contribution in [0.15, 0.2) is 60.4 Å². The molecule has 0 fully saturated rings. The van der Waals surface area contributed by atoms with Crippen molar-refractivity contribution in [3.8, 4) is 34.5 Å². The summed E-state index contributed by atoms with van der Waals surface area (Å²) in [5.74, 6) is 1.98. The predicted molar refractivity (Wildman–Crippen MR) is 162 cm³/mol. The first-order valence-corrected chi connectivity index (χ1v) is 14.6. The molecule has 0 bridgehead atoms. The Hall–Kier alpha value is -4.71. The summed E-state index contributed by atoms with van der Waals surface area (Å²) in [5.41, 5.74) is 1.15. The number of aromatic nitrogens is 1. The molecule has 2 heterocycles. The number of hydrogen-bond donors (Lipinski definition) is 0. The van der Waals surface area contributed by atoms with E-state index in [0.717, 1.165) is 23.3 Å². The number of allylic oxidation sites excluding steroid dienone is 1. The number of nitro benzene ring substituents is 1. The third kappa shape index (κ3) is 6.45. The fourth-order valence-corrected chi connectivity index (χ4v) is 5.68. The molecular weight excluding hydrogens is 570 g/mol. The number of fused-ring (bicyclic) bond motifs is 2. The van der Waals surface area contributed by atoms with Crippen molar-refractivity contribution in [1.82, 2.24) is 4.57 Å². The lowest BCUT2D eigenvalue weighted by Crippen LogP contribution is -2.34. The number of rotatable bonds is 13. The molecule has 2 unspecified atom stereocenters. The lowest BCUT2D eigenvalue weighted by molar-refractivity contribution is -0.409. The molecule has 3 atom stereocenters. The van der Waals surface area contributed by atoms with Crippen molar-refractivity contribution in [3.05, 3.63) is 81.4 Å². The van der Waals surface area contributed by atoms with Gasteiger partial charge in [0.15, 0.2) is 17.2 Å². The zero-order valence-electron chi connectivity index (χ0n) is 25.3. The quantitative estimate of drug-likeness (QED) is 0.0982. The molecule has 1 aliphatic carbocycles. The van der Waals surface area contributed by atoms with Crippen LogP contribution in [0.3, 0.4) is 0 Å². The molecule has 0 spiro atoms. The summed E-state index contributed by atoms with van der Waals surface area (Å²) in [6.45, 7) is 2.92. The lowest BCUT2D eigenvalue weighted by atomic mass is 9.89. The monoisotopic (exact) mass is 607 g/mol. The summed E-state index contributed by atoms with van der Waals surface area (Å²) in [6, 6.07) is 11.5. The highest BCUT2D eigenvalue weighted by atomic mass is 16.6. The second-order valence-corrected chi connectivity index (χ2v) is 10.5. The van der Waals surface area contributed by atoms with Crippen LogP contribution in [0.1, 0.15) is 38.3 Å². The van der Waals surface area contributed by atoms with Gasteiger partial charge in [-0.15, -0.1) is 0 Å². The van der Waals surface area contributed by atoms with E-state index in [1.54, 1.807) is 43.7 Å². The van der Waals surface area contributed by atoms with Gasteiger partial charge in [-0.05, 0) is 55.7 Å². The number of hydroxylamine groups is 1. The fourth-order valence-electron chi connectivity index (χ4n) is 5.68. The summed E-state index contributed by atoms with van der Waals surface area (Å²) in [6.07, 6.45) is 7.60. The van der Waals surface area contributed by atoms with E-state index in [9.17, 15) is 15.3 Å². The molecule has 0 amide bonds. The molecule has 12 nitrogen and oxygen atoms in total. The number of nitrogens with zero attached hydrogens (tertiary/aromatic N) is 3. The minimum atomic E-state index is -0.507. The van der Waals surface area contributed by atoms with E-state index in [4.69, 9.17) is 28.4 Å². The molecular formula is C32H37N3O9. The van der Waals surface area contributed by atoms with Gasteiger partial charge in [0.1, 0.15) is 23.3 Å². The summed E-state index contributed by atoms with van der Waals surface area (Å²) < 4.78 is 37.4. The number of hydrogen-bond acceptors (Lipinski definition) is 9. The summed E-state index contributed by atoms with van der Waals surface area (Å²) >= 11 is 0. The highest BCUT2D eigenvalue weighted by Crippen LogP contribution is 2.41. The molecule has 2 aliphatic rings. The molecule has 0 N–H and O–H groups in total. The summed E-state index contributed by atoms with van der Waals surface area (Å²) in [7, 11) is 4.61. The molecule has 3 aromatic rings. The smallest absolute Gasteiger partial charge is 0.352 e. The maximum Gasteiger partial charge on any atom is 0.352 e. The first-order chi connectivity index (χ1) is 21.4. The van der Waals surface area contributed by atoms with Gasteiger partial charge in [-0.25, -0.2) is 0 Å². The second kappa shape index (κ2) is 13.7. The Balaban J connectivity index is 1.26. The van der Waals surface area contributed by atoms with Crippen molar-refractivity contribution in [3.63, 3.8) is 0 Å². The predicted octanol–water partition coefficient (Wildman–Crippen LogP) is 6.08. The van der Waals surface area contributed by atoms with Crippen LogP contribution in [0, 0.1) is 21.2 Å². The van der Waals surface area contributed by atoms with E-state index in [2.05, 4.69) is 0 Å². The van der Waals surface area contributed by atoms with Crippen molar-refractivity contribution >= 4 is 11.9 Å². The average Bonchev–Trinajstić information content (AvgIpc) is 3.34. The molecule has 0 radical (unpaired) electrons. The Morgan fingerprint density at radius 3 is 2.52 bits per heavy atom. The molecule has 0 saturated heterocycles. The fraction of sp³-hybridized carbons (Fsp3) is 0.406. The largest absolute Gasteiger partial charge is 0.618 e. The number of ether oxygens (including phenoxy) is 6. The molecule has 234 valence electrons. The molecule has 5 rings (SSSR count). The van der Waals surface area contributed by atoms with E-state index < -0.39 is 4.92 Å².